The molecule has 3 nitrogen and oxygen atoms in total. The summed E-state index contributed by atoms with van der Waals surface area (Å²) in [5.74, 6) is 0. The van der Waals surface area contributed by atoms with Crippen LogP contribution in [0.4, 0.5) is 0 Å². The summed E-state index contributed by atoms with van der Waals surface area (Å²) in [6, 6.07) is 0. The van der Waals surface area contributed by atoms with Crippen LogP contribution in [0.5, 0.6) is 0 Å². The van der Waals surface area contributed by atoms with Crippen LogP contribution in [-0.4, -0.2) is 15.2 Å². The molecule has 1 N–H and O–H groups in total. The number of aryl methyl sites for hydroxylation is 2. The summed E-state index contributed by atoms with van der Waals surface area (Å²) >= 11 is 0. The maximum atomic E-state index is 3.95. The van der Waals surface area contributed by atoms with Crippen molar-refractivity contribution >= 4 is 10.9 Å². The molecular formula is C12H17N3. The molecule has 0 aliphatic heterocycles. The lowest BCUT2D eigenvalue weighted by atomic mass is 10.1. The van der Waals surface area contributed by atoms with Crippen molar-refractivity contribution in [1.29, 1.82) is 0 Å². The maximum Gasteiger partial charge on any atom is 0.0737 e. The quantitative estimate of drug-likeness (QED) is 0.776. The first-order valence-corrected chi connectivity index (χ1v) is 5.60. The highest BCUT2D eigenvalue weighted by molar-refractivity contribution is 5.82. The lowest BCUT2D eigenvalue weighted by Gasteiger charge is -1.99. The smallest absolute Gasteiger partial charge is 0.0737 e. The van der Waals surface area contributed by atoms with E-state index in [9.17, 15) is 0 Å². The van der Waals surface area contributed by atoms with Crippen LogP contribution >= 0.6 is 0 Å². The first kappa shape index (κ1) is 10.1. The molecule has 0 spiro atoms. The van der Waals surface area contributed by atoms with Gasteiger partial charge in [0.25, 0.3) is 0 Å². The third-order valence-corrected chi connectivity index (χ3v) is 2.86. The molecule has 0 fully saturated rings. The molecule has 0 atom stereocenters. The van der Waals surface area contributed by atoms with Crippen molar-refractivity contribution in [3.8, 4) is 0 Å². The number of H-pyrrole nitrogens is 1. The third kappa shape index (κ3) is 2.01. The van der Waals surface area contributed by atoms with E-state index in [2.05, 4.69) is 29.0 Å². The van der Waals surface area contributed by atoms with Crippen LogP contribution in [0.15, 0.2) is 12.4 Å². The molecule has 0 aliphatic carbocycles. The molecule has 0 bridgehead atoms. The molecule has 80 valence electrons. The van der Waals surface area contributed by atoms with E-state index in [-0.39, 0.29) is 0 Å². The summed E-state index contributed by atoms with van der Waals surface area (Å²) in [7, 11) is 0. The van der Waals surface area contributed by atoms with Crippen LogP contribution in [0.3, 0.4) is 0 Å². The van der Waals surface area contributed by atoms with Gasteiger partial charge in [-0.25, -0.2) is 0 Å². The van der Waals surface area contributed by atoms with E-state index in [0.717, 1.165) is 11.9 Å². The molecule has 0 saturated carbocycles. The average molecular weight is 203 g/mol. The fourth-order valence-electron chi connectivity index (χ4n) is 2.01. The Bertz CT molecular complexity index is 445. The van der Waals surface area contributed by atoms with Crippen molar-refractivity contribution in [3.63, 3.8) is 0 Å². The topological polar surface area (TPSA) is 41.6 Å². The monoisotopic (exact) mass is 203 g/mol. The molecule has 2 aromatic rings. The number of rotatable bonds is 4. The summed E-state index contributed by atoms with van der Waals surface area (Å²) in [6.07, 6.45) is 8.62. The Balaban J connectivity index is 2.28. The van der Waals surface area contributed by atoms with Gasteiger partial charge in [-0.3, -0.25) is 0 Å². The Kier molecular flexibility index (Phi) is 2.99. The zero-order chi connectivity index (χ0) is 10.7. The lowest BCUT2D eigenvalue weighted by Crippen LogP contribution is -1.87. The Hall–Kier alpha value is -1.38. The number of aromatic amines is 1. The van der Waals surface area contributed by atoms with Crippen molar-refractivity contribution in [1.82, 2.24) is 15.2 Å². The minimum Gasteiger partial charge on any atom is -0.357 e. The highest BCUT2D eigenvalue weighted by Gasteiger charge is 2.07. The molecule has 0 aliphatic rings. The molecule has 2 rings (SSSR count). The molecular weight excluding hydrogens is 186 g/mol. The largest absolute Gasteiger partial charge is 0.357 e. The van der Waals surface area contributed by atoms with Crippen molar-refractivity contribution in [2.24, 2.45) is 0 Å². The second-order valence-electron chi connectivity index (χ2n) is 4.00. The number of unbranched alkanes of at least 4 members (excludes halogenated alkanes) is 2. The number of nitrogens with zero attached hydrogens (tertiary/aromatic N) is 2. The van der Waals surface area contributed by atoms with Gasteiger partial charge in [0.05, 0.1) is 17.9 Å². The normalized spacial score (nSPS) is 11.1. The minimum atomic E-state index is 1.11. The first-order valence-electron chi connectivity index (χ1n) is 5.60. The van der Waals surface area contributed by atoms with E-state index in [0.29, 0.717) is 0 Å². The Labute approximate surface area is 89.9 Å². The van der Waals surface area contributed by atoms with Gasteiger partial charge in [-0.1, -0.05) is 19.8 Å². The van der Waals surface area contributed by atoms with Crippen LogP contribution in [0.25, 0.3) is 10.9 Å². The summed E-state index contributed by atoms with van der Waals surface area (Å²) in [6.45, 7) is 4.36. The maximum absolute atomic E-state index is 3.95. The zero-order valence-corrected chi connectivity index (χ0v) is 9.38. The van der Waals surface area contributed by atoms with Crippen LogP contribution in [0, 0.1) is 6.92 Å². The summed E-state index contributed by atoms with van der Waals surface area (Å²) in [5.41, 5.74) is 3.78. The molecule has 0 saturated heterocycles. The number of hydrogen-bond acceptors (Lipinski definition) is 2. The van der Waals surface area contributed by atoms with Crippen molar-refractivity contribution in [2.75, 3.05) is 0 Å². The minimum absolute atomic E-state index is 1.11. The predicted molar refractivity (Wildman–Crippen MR) is 61.9 cm³/mol. The number of aromatic nitrogens is 3. The molecule has 0 unspecified atom stereocenters. The van der Waals surface area contributed by atoms with Gasteiger partial charge in [0.2, 0.25) is 0 Å². The van der Waals surface area contributed by atoms with Gasteiger partial charge in [-0.2, -0.15) is 10.2 Å². The highest BCUT2D eigenvalue weighted by atomic mass is 15.1. The molecule has 0 amide bonds. The fourth-order valence-corrected chi connectivity index (χ4v) is 2.01. The molecule has 3 heteroatoms. The summed E-state index contributed by atoms with van der Waals surface area (Å²) in [5, 5.41) is 9.06. The number of nitrogens with one attached hydrogen (secondary N) is 1. The van der Waals surface area contributed by atoms with Gasteiger partial charge < -0.3 is 4.98 Å². The summed E-state index contributed by atoms with van der Waals surface area (Å²) in [4.78, 5) is 3.35. The van der Waals surface area contributed by atoms with E-state index >= 15 is 0 Å². The van der Waals surface area contributed by atoms with E-state index in [4.69, 9.17) is 0 Å². The number of fused-ring (bicyclic) bond motifs is 1. The van der Waals surface area contributed by atoms with Gasteiger partial charge in [-0.15, -0.1) is 0 Å². The van der Waals surface area contributed by atoms with Crippen LogP contribution in [0.1, 0.15) is 37.4 Å². The van der Waals surface area contributed by atoms with Crippen LogP contribution < -0.4 is 0 Å². The molecule has 2 heterocycles. The second kappa shape index (κ2) is 4.43. The van der Waals surface area contributed by atoms with Crippen molar-refractivity contribution in [2.45, 2.75) is 39.5 Å². The standard InChI is InChI=1S/C12H17N3/c1-3-4-5-6-10-9(2)15-12-8-14-13-7-11(10)12/h7-8,15H,3-6H2,1-2H3. The molecule has 0 aromatic carbocycles. The Morgan fingerprint density at radius 1 is 1.20 bits per heavy atom. The van der Waals surface area contributed by atoms with Crippen molar-refractivity contribution in [3.05, 3.63) is 23.7 Å². The van der Waals surface area contributed by atoms with Gasteiger partial charge in [0.1, 0.15) is 0 Å². The van der Waals surface area contributed by atoms with Gasteiger partial charge in [0, 0.05) is 11.1 Å². The van der Waals surface area contributed by atoms with Gasteiger partial charge >= 0.3 is 0 Å². The summed E-state index contributed by atoms with van der Waals surface area (Å²) < 4.78 is 0. The van der Waals surface area contributed by atoms with Gasteiger partial charge in [-0.05, 0) is 25.3 Å². The van der Waals surface area contributed by atoms with Gasteiger partial charge in [0.15, 0.2) is 0 Å². The zero-order valence-electron chi connectivity index (χ0n) is 9.38. The highest BCUT2D eigenvalue weighted by Crippen LogP contribution is 2.22. The fraction of sp³-hybridized carbons (Fsp3) is 0.500. The first-order chi connectivity index (χ1) is 7.33. The molecule has 15 heavy (non-hydrogen) atoms. The van der Waals surface area contributed by atoms with E-state index < -0.39 is 0 Å². The molecule has 0 radical (unpaired) electrons. The van der Waals surface area contributed by atoms with E-state index in [1.807, 2.05) is 6.20 Å². The average Bonchev–Trinajstić information content (AvgIpc) is 2.56. The Morgan fingerprint density at radius 3 is 2.80 bits per heavy atom. The SMILES string of the molecule is CCCCCc1c(C)[nH]c2cnncc12. The third-order valence-electron chi connectivity index (χ3n) is 2.86. The number of hydrogen-bond donors (Lipinski definition) is 1. The van der Waals surface area contributed by atoms with Crippen LogP contribution in [0.2, 0.25) is 0 Å². The second-order valence-corrected chi connectivity index (χ2v) is 4.00. The van der Waals surface area contributed by atoms with Crippen molar-refractivity contribution < 1.29 is 0 Å². The van der Waals surface area contributed by atoms with Crippen LogP contribution in [-0.2, 0) is 6.42 Å². The Morgan fingerprint density at radius 2 is 2.00 bits per heavy atom. The predicted octanol–water partition coefficient (Wildman–Crippen LogP) is 3.00. The van der Waals surface area contributed by atoms with E-state index in [1.54, 1.807) is 6.20 Å². The van der Waals surface area contributed by atoms with E-state index in [1.165, 1.54) is 35.9 Å². The molecule has 2 aromatic heterocycles. The lowest BCUT2D eigenvalue weighted by molar-refractivity contribution is 0.717.